The summed E-state index contributed by atoms with van der Waals surface area (Å²) in [6.45, 7) is 4.05. The summed E-state index contributed by atoms with van der Waals surface area (Å²) < 4.78 is 1.82. The Morgan fingerprint density at radius 1 is 1.07 bits per heavy atom. The van der Waals surface area contributed by atoms with Crippen LogP contribution >= 0.6 is 0 Å². The predicted molar refractivity (Wildman–Crippen MR) is 116 cm³/mol. The van der Waals surface area contributed by atoms with Crippen molar-refractivity contribution < 1.29 is 4.79 Å². The molecule has 2 aromatic heterocycles. The number of aromatic nitrogens is 4. The summed E-state index contributed by atoms with van der Waals surface area (Å²) in [6.07, 6.45) is 5.42. The molecule has 0 aliphatic heterocycles. The summed E-state index contributed by atoms with van der Waals surface area (Å²) in [5.41, 5.74) is 5.31. The van der Waals surface area contributed by atoms with Crippen LogP contribution in [0.5, 0.6) is 0 Å². The molecule has 1 amide bonds. The van der Waals surface area contributed by atoms with Gasteiger partial charge in [0.05, 0.1) is 17.3 Å². The summed E-state index contributed by atoms with van der Waals surface area (Å²) in [6, 6.07) is 14.0. The van der Waals surface area contributed by atoms with Crippen molar-refractivity contribution in [3.63, 3.8) is 0 Å². The predicted octanol–water partition coefficient (Wildman–Crippen LogP) is 4.07. The molecule has 0 atom stereocenters. The van der Waals surface area contributed by atoms with E-state index >= 15 is 0 Å². The highest BCUT2D eigenvalue weighted by Crippen LogP contribution is 2.28. The number of anilines is 2. The average Bonchev–Trinajstić information content (AvgIpc) is 3.45. The molecule has 5 rings (SSSR count). The largest absolute Gasteiger partial charge is 0.349 e. The molecule has 0 unspecified atom stereocenters. The van der Waals surface area contributed by atoms with E-state index in [1.807, 2.05) is 61.0 Å². The molecule has 1 aliphatic carbocycles. The lowest BCUT2D eigenvalue weighted by atomic mass is 10.1. The second-order valence-corrected chi connectivity index (χ2v) is 7.70. The van der Waals surface area contributed by atoms with Gasteiger partial charge in [0.15, 0.2) is 5.65 Å². The molecule has 4 aromatic rings. The van der Waals surface area contributed by atoms with Crippen molar-refractivity contribution in [2.24, 2.45) is 0 Å². The fourth-order valence-electron chi connectivity index (χ4n) is 3.44. The Kier molecular flexibility index (Phi) is 4.43. The molecule has 0 radical (unpaired) electrons. The normalized spacial score (nSPS) is 13.4. The molecule has 7 heteroatoms. The van der Waals surface area contributed by atoms with Gasteiger partial charge in [-0.05, 0) is 56.0 Å². The van der Waals surface area contributed by atoms with Gasteiger partial charge >= 0.3 is 0 Å². The van der Waals surface area contributed by atoms with Gasteiger partial charge in [-0.1, -0.05) is 24.3 Å². The fraction of sp³-hybridized carbons (Fsp3) is 0.217. The standard InChI is InChI=1S/C23H22N6O/c1-14-7-8-16(23(30)27-17-9-10-17)11-19(14)28-21-18-12-26-29(22(18)25-13-24-21)20-6-4-3-5-15(20)2/h3-8,11-13,17H,9-10H2,1-2H3,(H,27,30)(H,24,25,28). The second-order valence-electron chi connectivity index (χ2n) is 7.70. The number of carbonyl (C=O) groups is 1. The maximum absolute atomic E-state index is 12.4. The van der Waals surface area contributed by atoms with Gasteiger partial charge in [-0.2, -0.15) is 5.10 Å². The zero-order valence-corrected chi connectivity index (χ0v) is 16.9. The Balaban J connectivity index is 1.50. The van der Waals surface area contributed by atoms with Crippen LogP contribution in [0.2, 0.25) is 0 Å². The van der Waals surface area contributed by atoms with Crippen LogP contribution in [0.4, 0.5) is 11.5 Å². The van der Waals surface area contributed by atoms with Gasteiger partial charge in [0, 0.05) is 17.3 Å². The van der Waals surface area contributed by atoms with Crippen LogP contribution in [-0.4, -0.2) is 31.7 Å². The van der Waals surface area contributed by atoms with E-state index in [1.54, 1.807) is 6.20 Å². The van der Waals surface area contributed by atoms with Gasteiger partial charge in [-0.25, -0.2) is 14.6 Å². The summed E-state index contributed by atoms with van der Waals surface area (Å²) in [7, 11) is 0. The molecule has 1 saturated carbocycles. The number of aryl methyl sites for hydroxylation is 2. The van der Waals surface area contributed by atoms with E-state index in [9.17, 15) is 4.79 Å². The smallest absolute Gasteiger partial charge is 0.251 e. The van der Waals surface area contributed by atoms with Gasteiger partial charge in [-0.3, -0.25) is 4.79 Å². The number of nitrogens with zero attached hydrogens (tertiary/aromatic N) is 4. The molecule has 7 nitrogen and oxygen atoms in total. The first-order valence-corrected chi connectivity index (χ1v) is 10.0. The third-order valence-corrected chi connectivity index (χ3v) is 5.37. The Labute approximate surface area is 174 Å². The van der Waals surface area contributed by atoms with E-state index in [0.29, 0.717) is 17.4 Å². The van der Waals surface area contributed by atoms with Crippen LogP contribution in [-0.2, 0) is 0 Å². The van der Waals surface area contributed by atoms with Gasteiger partial charge < -0.3 is 10.6 Å². The maximum atomic E-state index is 12.4. The first-order valence-electron chi connectivity index (χ1n) is 10.0. The highest BCUT2D eigenvalue weighted by molar-refractivity contribution is 5.96. The number of para-hydroxylation sites is 1. The van der Waals surface area contributed by atoms with Gasteiger partial charge in [0.2, 0.25) is 0 Å². The molecular formula is C23H22N6O. The van der Waals surface area contributed by atoms with Crippen LogP contribution in [0.1, 0.15) is 34.3 Å². The van der Waals surface area contributed by atoms with Crippen LogP contribution in [0.15, 0.2) is 55.0 Å². The van der Waals surface area contributed by atoms with Crippen molar-refractivity contribution >= 4 is 28.4 Å². The number of hydrogen-bond acceptors (Lipinski definition) is 5. The monoisotopic (exact) mass is 398 g/mol. The number of carbonyl (C=O) groups excluding carboxylic acids is 1. The first-order chi connectivity index (χ1) is 14.6. The number of nitrogens with one attached hydrogen (secondary N) is 2. The zero-order valence-electron chi connectivity index (χ0n) is 16.9. The van der Waals surface area contributed by atoms with E-state index in [0.717, 1.165) is 46.4 Å². The molecule has 1 fully saturated rings. The highest BCUT2D eigenvalue weighted by Gasteiger charge is 2.24. The third kappa shape index (κ3) is 3.39. The van der Waals surface area contributed by atoms with Crippen molar-refractivity contribution in [1.29, 1.82) is 0 Å². The number of amides is 1. The molecule has 2 aromatic carbocycles. The lowest BCUT2D eigenvalue weighted by Gasteiger charge is -2.12. The topological polar surface area (TPSA) is 84.7 Å². The summed E-state index contributed by atoms with van der Waals surface area (Å²) >= 11 is 0. The molecule has 150 valence electrons. The number of fused-ring (bicyclic) bond motifs is 1. The molecule has 0 spiro atoms. The maximum Gasteiger partial charge on any atom is 0.251 e. The van der Waals surface area contributed by atoms with Crippen molar-refractivity contribution in [3.05, 3.63) is 71.7 Å². The minimum atomic E-state index is -0.0410. The van der Waals surface area contributed by atoms with Crippen LogP contribution in [0, 0.1) is 13.8 Å². The van der Waals surface area contributed by atoms with Crippen LogP contribution in [0.25, 0.3) is 16.7 Å². The van der Waals surface area contributed by atoms with E-state index < -0.39 is 0 Å². The SMILES string of the molecule is Cc1ccc(C(=O)NC2CC2)cc1Nc1ncnc2c1cnn2-c1ccccc1C. The van der Waals surface area contributed by atoms with Crippen molar-refractivity contribution in [2.45, 2.75) is 32.7 Å². The van der Waals surface area contributed by atoms with E-state index in [1.165, 1.54) is 6.33 Å². The summed E-state index contributed by atoms with van der Waals surface area (Å²) in [5.74, 6) is 0.614. The zero-order chi connectivity index (χ0) is 20.7. The molecule has 1 aliphatic rings. The summed E-state index contributed by atoms with van der Waals surface area (Å²) in [5, 5.41) is 11.8. The Morgan fingerprint density at radius 3 is 2.70 bits per heavy atom. The van der Waals surface area contributed by atoms with Gasteiger partial charge in [-0.15, -0.1) is 0 Å². The van der Waals surface area contributed by atoms with E-state index in [-0.39, 0.29) is 5.91 Å². The highest BCUT2D eigenvalue weighted by atomic mass is 16.1. The van der Waals surface area contributed by atoms with Crippen LogP contribution < -0.4 is 10.6 Å². The third-order valence-electron chi connectivity index (χ3n) is 5.37. The lowest BCUT2D eigenvalue weighted by Crippen LogP contribution is -2.25. The van der Waals surface area contributed by atoms with Crippen molar-refractivity contribution in [3.8, 4) is 5.69 Å². The van der Waals surface area contributed by atoms with E-state index in [4.69, 9.17) is 0 Å². The Bertz CT molecular complexity index is 1260. The van der Waals surface area contributed by atoms with Gasteiger partial charge in [0.1, 0.15) is 12.1 Å². The van der Waals surface area contributed by atoms with E-state index in [2.05, 4.69) is 25.7 Å². The lowest BCUT2D eigenvalue weighted by molar-refractivity contribution is 0.0951. The molecular weight excluding hydrogens is 376 g/mol. The quantitative estimate of drug-likeness (QED) is 0.529. The van der Waals surface area contributed by atoms with Crippen molar-refractivity contribution in [1.82, 2.24) is 25.1 Å². The average molecular weight is 398 g/mol. The molecule has 0 bridgehead atoms. The molecule has 2 N–H and O–H groups in total. The van der Waals surface area contributed by atoms with Crippen molar-refractivity contribution in [2.75, 3.05) is 5.32 Å². The minimum Gasteiger partial charge on any atom is -0.349 e. The fourth-order valence-corrected chi connectivity index (χ4v) is 3.44. The number of rotatable bonds is 5. The number of hydrogen-bond donors (Lipinski definition) is 2. The molecule has 0 saturated heterocycles. The molecule has 2 heterocycles. The van der Waals surface area contributed by atoms with Crippen LogP contribution in [0.3, 0.4) is 0 Å². The Hall–Kier alpha value is -3.74. The van der Waals surface area contributed by atoms with Gasteiger partial charge in [0.25, 0.3) is 5.91 Å². The summed E-state index contributed by atoms with van der Waals surface area (Å²) in [4.78, 5) is 21.3. The minimum absolute atomic E-state index is 0.0410. The molecule has 30 heavy (non-hydrogen) atoms. The second kappa shape index (κ2) is 7.26. The first kappa shape index (κ1) is 18.3. The Morgan fingerprint density at radius 2 is 1.90 bits per heavy atom. The number of benzene rings is 2.